The summed E-state index contributed by atoms with van der Waals surface area (Å²) in [5.74, 6) is -5.33. The van der Waals surface area contributed by atoms with E-state index in [-0.39, 0.29) is 33.8 Å². The SMILES string of the molecule is CC(CCNC(=O)[C@]1(C)[C@@H](c2ccc(N3C[C@@](C)(C(F)(F)F)c4c3cnc3cc(Cl)nn43)cc2)C1(F)F)N1CCN(C)CC1. The van der Waals surface area contributed by atoms with Crippen molar-refractivity contribution in [1.29, 1.82) is 0 Å². The predicted octanol–water partition coefficient (Wildman–Crippen LogP) is 5.24. The van der Waals surface area contributed by atoms with Crippen LogP contribution in [0.2, 0.25) is 5.15 Å². The number of rotatable bonds is 7. The molecule has 6 rings (SSSR count). The molecule has 1 N–H and O–H groups in total. The van der Waals surface area contributed by atoms with Crippen LogP contribution in [0.3, 0.4) is 0 Å². The maximum atomic E-state index is 15.2. The van der Waals surface area contributed by atoms with Crippen molar-refractivity contribution in [3.8, 4) is 0 Å². The maximum absolute atomic E-state index is 15.2. The van der Waals surface area contributed by atoms with Gasteiger partial charge < -0.3 is 15.1 Å². The molecule has 8 nitrogen and oxygen atoms in total. The lowest BCUT2D eigenvalue weighted by Crippen LogP contribution is -2.49. The Morgan fingerprint density at radius 2 is 1.80 bits per heavy atom. The number of benzene rings is 1. The van der Waals surface area contributed by atoms with Crippen LogP contribution in [-0.4, -0.2) is 94.8 Å². The van der Waals surface area contributed by atoms with Gasteiger partial charge in [-0.1, -0.05) is 23.7 Å². The molecule has 3 aliphatic rings. The molecule has 0 spiro atoms. The highest BCUT2D eigenvalue weighted by molar-refractivity contribution is 6.29. The summed E-state index contributed by atoms with van der Waals surface area (Å²) in [5, 5.41) is 6.79. The number of aromatic nitrogens is 3. The summed E-state index contributed by atoms with van der Waals surface area (Å²) in [4.78, 5) is 23.3. The first-order chi connectivity index (χ1) is 20.6. The standard InChI is InChI=1S/C30H35ClF5N7O/c1-18(41-13-11-40(4)12-14-41)9-10-37-26(44)28(3)24(29(28,32)33)19-5-7-20(8-6-19)42-17-27(2,30(34,35)36)25-21(42)16-38-23-15-22(31)39-43(23)25/h5-8,15-16,18,24H,9-14,17H2,1-4H3,(H,37,44)/t18?,24-,27-,28+/m1/s1. The topological polar surface area (TPSA) is 69.0 Å². The summed E-state index contributed by atoms with van der Waals surface area (Å²) >= 11 is 5.99. The fourth-order valence-corrected chi connectivity index (χ4v) is 6.94. The highest BCUT2D eigenvalue weighted by atomic mass is 35.5. The number of amides is 1. The third kappa shape index (κ3) is 4.73. The van der Waals surface area contributed by atoms with Crippen molar-refractivity contribution < 1.29 is 26.7 Å². The van der Waals surface area contributed by atoms with E-state index < -0.39 is 41.3 Å². The van der Waals surface area contributed by atoms with Gasteiger partial charge in [-0.25, -0.2) is 18.3 Å². The lowest BCUT2D eigenvalue weighted by atomic mass is 9.87. The van der Waals surface area contributed by atoms with E-state index in [0.717, 1.165) is 37.6 Å². The van der Waals surface area contributed by atoms with Crippen molar-refractivity contribution in [2.75, 3.05) is 51.2 Å². The molecule has 44 heavy (non-hydrogen) atoms. The van der Waals surface area contributed by atoms with Gasteiger partial charge in [-0.15, -0.1) is 0 Å². The summed E-state index contributed by atoms with van der Waals surface area (Å²) in [7, 11) is 2.07. The van der Waals surface area contributed by atoms with Crippen LogP contribution in [0, 0.1) is 5.41 Å². The number of nitrogens with zero attached hydrogens (tertiary/aromatic N) is 6. The maximum Gasteiger partial charge on any atom is 0.401 e. The smallest absolute Gasteiger partial charge is 0.355 e. The number of carbonyl (C=O) groups excluding carboxylic acids is 1. The Morgan fingerprint density at radius 3 is 2.43 bits per heavy atom. The largest absolute Gasteiger partial charge is 0.401 e. The molecule has 1 amide bonds. The molecule has 1 unspecified atom stereocenters. The van der Waals surface area contributed by atoms with E-state index in [1.165, 1.54) is 48.4 Å². The molecule has 0 bridgehead atoms. The van der Waals surface area contributed by atoms with E-state index in [0.29, 0.717) is 18.7 Å². The molecule has 1 aromatic carbocycles. The van der Waals surface area contributed by atoms with E-state index in [4.69, 9.17) is 11.6 Å². The number of halogens is 6. The van der Waals surface area contributed by atoms with Crippen LogP contribution in [0.25, 0.3) is 5.65 Å². The van der Waals surface area contributed by atoms with Gasteiger partial charge in [-0.05, 0) is 51.9 Å². The van der Waals surface area contributed by atoms with Crippen molar-refractivity contribution in [3.63, 3.8) is 0 Å². The van der Waals surface area contributed by atoms with Crippen molar-refractivity contribution in [1.82, 2.24) is 29.7 Å². The minimum absolute atomic E-state index is 0.0141. The number of carbonyl (C=O) groups is 1. The highest BCUT2D eigenvalue weighted by Crippen LogP contribution is 2.71. The normalized spacial score (nSPS) is 27.9. The molecule has 238 valence electrons. The second kappa shape index (κ2) is 10.5. The molecule has 2 aromatic heterocycles. The van der Waals surface area contributed by atoms with Crippen molar-refractivity contribution >= 4 is 34.5 Å². The molecular formula is C30H35ClF5N7O. The van der Waals surface area contributed by atoms with Crippen LogP contribution in [0.1, 0.15) is 44.4 Å². The zero-order valence-electron chi connectivity index (χ0n) is 24.9. The molecule has 3 aromatic rings. The first-order valence-electron chi connectivity index (χ1n) is 14.7. The third-order valence-electron chi connectivity index (χ3n) is 9.92. The number of hydrogen-bond acceptors (Lipinski definition) is 6. The lowest BCUT2D eigenvalue weighted by Gasteiger charge is -2.36. The number of piperazine rings is 1. The van der Waals surface area contributed by atoms with Crippen molar-refractivity contribution in [2.45, 2.75) is 56.7 Å². The van der Waals surface area contributed by atoms with E-state index in [1.54, 1.807) is 0 Å². The van der Waals surface area contributed by atoms with Gasteiger partial charge >= 0.3 is 6.18 Å². The van der Waals surface area contributed by atoms with Gasteiger partial charge in [-0.2, -0.15) is 18.3 Å². The average molecular weight is 640 g/mol. The first kappa shape index (κ1) is 31.0. The molecular weight excluding hydrogens is 605 g/mol. The first-order valence-corrected chi connectivity index (χ1v) is 15.0. The van der Waals surface area contributed by atoms with Crippen molar-refractivity contribution in [2.24, 2.45) is 5.41 Å². The van der Waals surface area contributed by atoms with Crippen LogP contribution in [-0.2, 0) is 10.2 Å². The number of nitrogens with one attached hydrogen (secondary N) is 1. The van der Waals surface area contributed by atoms with Gasteiger partial charge in [0.2, 0.25) is 5.91 Å². The molecule has 2 fully saturated rings. The molecule has 4 heterocycles. The molecule has 2 aliphatic heterocycles. The van der Waals surface area contributed by atoms with Gasteiger partial charge in [0, 0.05) is 57.1 Å². The van der Waals surface area contributed by atoms with Crippen LogP contribution in [0.15, 0.2) is 36.5 Å². The summed E-state index contributed by atoms with van der Waals surface area (Å²) in [6.45, 7) is 8.05. The van der Waals surface area contributed by atoms with Crippen LogP contribution in [0.5, 0.6) is 0 Å². The molecule has 1 saturated carbocycles. The fraction of sp³-hybridized carbons (Fsp3) is 0.567. The highest BCUT2D eigenvalue weighted by Gasteiger charge is 2.82. The summed E-state index contributed by atoms with van der Waals surface area (Å²) < 4.78 is 75.0. The quantitative estimate of drug-likeness (QED) is 0.357. The van der Waals surface area contributed by atoms with Gasteiger partial charge in [0.25, 0.3) is 5.92 Å². The van der Waals surface area contributed by atoms with Crippen LogP contribution < -0.4 is 10.2 Å². The summed E-state index contributed by atoms with van der Waals surface area (Å²) in [5.41, 5.74) is -3.34. The second-order valence-corrected chi connectivity index (χ2v) is 13.1. The Morgan fingerprint density at radius 1 is 1.14 bits per heavy atom. The Hall–Kier alpha value is -3.03. The van der Waals surface area contributed by atoms with Gasteiger partial charge in [-0.3, -0.25) is 9.69 Å². The summed E-state index contributed by atoms with van der Waals surface area (Å²) in [6.07, 6.45) is -2.64. The van der Waals surface area contributed by atoms with E-state index in [1.807, 2.05) is 0 Å². The van der Waals surface area contributed by atoms with Gasteiger partial charge in [0.15, 0.2) is 10.8 Å². The molecule has 14 heteroatoms. The van der Waals surface area contributed by atoms with E-state index in [9.17, 15) is 18.0 Å². The zero-order chi connectivity index (χ0) is 31.8. The second-order valence-electron chi connectivity index (χ2n) is 12.7. The Bertz CT molecular complexity index is 1570. The number of anilines is 2. The minimum atomic E-state index is -4.63. The fourth-order valence-electron chi connectivity index (χ4n) is 6.77. The Kier molecular flexibility index (Phi) is 7.40. The number of likely N-dealkylation sites (N-methyl/N-ethyl adjacent to an activating group) is 1. The average Bonchev–Trinajstić information content (AvgIpc) is 3.23. The molecule has 1 aliphatic carbocycles. The monoisotopic (exact) mass is 639 g/mol. The molecule has 1 saturated heterocycles. The van der Waals surface area contributed by atoms with Crippen LogP contribution in [0.4, 0.5) is 33.3 Å². The van der Waals surface area contributed by atoms with Gasteiger partial charge in [0.1, 0.15) is 10.8 Å². The zero-order valence-corrected chi connectivity index (χ0v) is 25.7. The van der Waals surface area contributed by atoms with Gasteiger partial charge in [0.05, 0.1) is 23.5 Å². The number of alkyl halides is 5. The predicted molar refractivity (Wildman–Crippen MR) is 157 cm³/mol. The van der Waals surface area contributed by atoms with Crippen LogP contribution >= 0.6 is 11.6 Å². The van der Waals surface area contributed by atoms with E-state index >= 15 is 8.78 Å². The van der Waals surface area contributed by atoms with Crippen molar-refractivity contribution in [3.05, 3.63) is 52.9 Å². The lowest BCUT2D eigenvalue weighted by molar-refractivity contribution is -0.181. The number of hydrogen-bond donors (Lipinski definition) is 1. The minimum Gasteiger partial charge on any atom is -0.355 e. The third-order valence-corrected chi connectivity index (χ3v) is 10.1. The number of fused-ring (bicyclic) bond motifs is 3. The van der Waals surface area contributed by atoms with E-state index in [2.05, 4.69) is 39.2 Å². The molecule has 0 radical (unpaired) electrons. The molecule has 4 atom stereocenters. The summed E-state index contributed by atoms with van der Waals surface area (Å²) in [6, 6.07) is 7.53. The Labute approximate surface area is 257 Å². The Balaban J connectivity index is 1.18.